The minimum Gasteiger partial charge on any atom is -0.433 e. The van der Waals surface area contributed by atoms with E-state index in [0.29, 0.717) is 0 Å². The van der Waals surface area contributed by atoms with Crippen LogP contribution in [0.4, 0.5) is 8.78 Å². The van der Waals surface area contributed by atoms with Crippen molar-refractivity contribution in [3.8, 4) is 5.75 Å². The minimum atomic E-state index is -3.99. The highest BCUT2D eigenvalue weighted by Crippen LogP contribution is 2.30. The fraction of sp³-hybridized carbons (Fsp3) is 0.455. The molecule has 1 heterocycles. The second-order valence-corrected chi connectivity index (χ2v) is 6.77. The summed E-state index contributed by atoms with van der Waals surface area (Å²) in [5.74, 6) is -0.341. The van der Waals surface area contributed by atoms with Crippen molar-refractivity contribution in [2.45, 2.75) is 23.7 Å². The molecule has 0 spiro atoms. The highest BCUT2D eigenvalue weighted by molar-refractivity contribution is 7.89. The van der Waals surface area contributed by atoms with Crippen LogP contribution in [0.25, 0.3) is 0 Å². The van der Waals surface area contributed by atoms with Gasteiger partial charge in [0.15, 0.2) is 0 Å². The van der Waals surface area contributed by atoms with Crippen LogP contribution >= 0.6 is 11.6 Å². The summed E-state index contributed by atoms with van der Waals surface area (Å²) in [7, 11) is -3.99. The standard InChI is InChI=1S/C11H12ClF2NO5S/c12-7-3-6(1-2-10(7)20-11(13)14)21(18,19)15-4-8(16)9(17)5-15/h1-3,8-9,11,16-17H,4-5H2/t8-,9+. The predicted octanol–water partition coefficient (Wildman–Crippen LogP) is 0.667. The van der Waals surface area contributed by atoms with E-state index in [1.165, 1.54) is 0 Å². The number of halogens is 3. The lowest BCUT2D eigenvalue weighted by atomic mass is 10.3. The highest BCUT2D eigenvalue weighted by atomic mass is 35.5. The van der Waals surface area contributed by atoms with Crippen LogP contribution in [0.2, 0.25) is 5.02 Å². The molecule has 10 heteroatoms. The number of ether oxygens (including phenoxy) is 1. The Morgan fingerprint density at radius 2 is 1.86 bits per heavy atom. The van der Waals surface area contributed by atoms with Gasteiger partial charge in [-0.1, -0.05) is 11.6 Å². The van der Waals surface area contributed by atoms with Gasteiger partial charge >= 0.3 is 6.61 Å². The quantitative estimate of drug-likeness (QED) is 0.839. The summed E-state index contributed by atoms with van der Waals surface area (Å²) in [5, 5.41) is 18.5. The van der Waals surface area contributed by atoms with Crippen molar-refractivity contribution in [1.29, 1.82) is 0 Å². The fourth-order valence-corrected chi connectivity index (χ4v) is 3.71. The third-order valence-electron chi connectivity index (χ3n) is 2.98. The number of rotatable bonds is 4. The fourth-order valence-electron chi connectivity index (χ4n) is 1.91. The van der Waals surface area contributed by atoms with E-state index in [9.17, 15) is 27.4 Å². The Labute approximate surface area is 124 Å². The first-order valence-electron chi connectivity index (χ1n) is 5.82. The number of aliphatic hydroxyl groups excluding tert-OH is 2. The molecule has 0 saturated carbocycles. The molecule has 6 nitrogen and oxygen atoms in total. The number of β-amino-alcohol motifs (C(OH)–C–C–N with tert-alkyl or cyclic N) is 2. The number of sulfonamides is 1. The summed E-state index contributed by atoms with van der Waals surface area (Å²) in [6.45, 7) is -3.58. The zero-order valence-corrected chi connectivity index (χ0v) is 12.1. The molecule has 0 bridgehead atoms. The normalized spacial score (nSPS) is 23.7. The van der Waals surface area contributed by atoms with Gasteiger partial charge < -0.3 is 14.9 Å². The second-order valence-electron chi connectivity index (χ2n) is 4.43. The molecule has 1 aliphatic heterocycles. The van der Waals surface area contributed by atoms with E-state index in [1.807, 2.05) is 0 Å². The number of benzene rings is 1. The molecule has 1 saturated heterocycles. The zero-order chi connectivity index (χ0) is 15.8. The SMILES string of the molecule is O=S(=O)(c1ccc(OC(F)F)c(Cl)c1)N1C[C@@H](O)[C@@H](O)C1. The Morgan fingerprint density at radius 1 is 1.29 bits per heavy atom. The Bertz CT molecular complexity index is 617. The van der Waals surface area contributed by atoms with Crippen molar-refractivity contribution in [3.05, 3.63) is 23.2 Å². The first-order chi connectivity index (χ1) is 9.71. The van der Waals surface area contributed by atoms with E-state index >= 15 is 0 Å². The predicted molar refractivity (Wildman–Crippen MR) is 68.9 cm³/mol. The van der Waals surface area contributed by atoms with Crippen molar-refractivity contribution in [2.24, 2.45) is 0 Å². The summed E-state index contributed by atoms with van der Waals surface area (Å²) >= 11 is 5.70. The molecule has 21 heavy (non-hydrogen) atoms. The van der Waals surface area contributed by atoms with E-state index < -0.39 is 28.8 Å². The lowest BCUT2D eigenvalue weighted by Gasteiger charge is -2.16. The molecule has 0 amide bonds. The van der Waals surface area contributed by atoms with Crippen LogP contribution in [0.5, 0.6) is 5.75 Å². The maximum atomic E-state index is 12.3. The zero-order valence-electron chi connectivity index (χ0n) is 10.5. The topological polar surface area (TPSA) is 87.1 Å². The Balaban J connectivity index is 2.27. The van der Waals surface area contributed by atoms with Gasteiger partial charge in [-0.15, -0.1) is 0 Å². The van der Waals surface area contributed by atoms with Gasteiger partial charge in [0.2, 0.25) is 10.0 Å². The van der Waals surface area contributed by atoms with Crippen LogP contribution < -0.4 is 4.74 Å². The summed E-state index contributed by atoms with van der Waals surface area (Å²) < 4.78 is 53.8. The first kappa shape index (κ1) is 16.4. The second kappa shape index (κ2) is 6.01. The summed E-state index contributed by atoms with van der Waals surface area (Å²) in [4.78, 5) is -0.240. The van der Waals surface area contributed by atoms with Crippen molar-refractivity contribution in [3.63, 3.8) is 0 Å². The molecule has 2 N–H and O–H groups in total. The van der Waals surface area contributed by atoms with Gasteiger partial charge in [-0.2, -0.15) is 13.1 Å². The van der Waals surface area contributed by atoms with Crippen LogP contribution in [0.15, 0.2) is 23.1 Å². The minimum absolute atomic E-state index is 0.240. The smallest absolute Gasteiger partial charge is 0.387 e. The molecule has 2 rings (SSSR count). The monoisotopic (exact) mass is 343 g/mol. The Kier molecular flexibility index (Phi) is 4.69. The molecular weight excluding hydrogens is 332 g/mol. The van der Waals surface area contributed by atoms with Gasteiger partial charge in [0.05, 0.1) is 22.1 Å². The van der Waals surface area contributed by atoms with Crippen molar-refractivity contribution in [2.75, 3.05) is 13.1 Å². The van der Waals surface area contributed by atoms with E-state index in [0.717, 1.165) is 22.5 Å². The van der Waals surface area contributed by atoms with Gasteiger partial charge in [-0.05, 0) is 18.2 Å². The van der Waals surface area contributed by atoms with E-state index in [4.69, 9.17) is 11.6 Å². The van der Waals surface area contributed by atoms with Gasteiger partial charge in [-0.3, -0.25) is 0 Å². The van der Waals surface area contributed by atoms with Crippen LogP contribution in [0.1, 0.15) is 0 Å². The highest BCUT2D eigenvalue weighted by Gasteiger charge is 2.37. The number of aliphatic hydroxyl groups is 2. The third-order valence-corrected chi connectivity index (χ3v) is 5.11. The van der Waals surface area contributed by atoms with Crippen molar-refractivity contribution in [1.82, 2.24) is 4.31 Å². The summed E-state index contributed by atoms with van der Waals surface area (Å²) in [5.41, 5.74) is 0. The molecule has 0 radical (unpaired) electrons. The van der Waals surface area contributed by atoms with Crippen LogP contribution in [-0.4, -0.2) is 54.8 Å². The molecule has 0 aliphatic carbocycles. The molecule has 1 aliphatic rings. The van der Waals surface area contributed by atoms with E-state index in [2.05, 4.69) is 4.74 Å². The number of alkyl halides is 2. The van der Waals surface area contributed by atoms with Crippen molar-refractivity contribution >= 4 is 21.6 Å². The molecule has 118 valence electrons. The van der Waals surface area contributed by atoms with E-state index in [1.54, 1.807) is 0 Å². The van der Waals surface area contributed by atoms with Gasteiger partial charge in [0.1, 0.15) is 5.75 Å². The molecule has 0 aromatic heterocycles. The van der Waals surface area contributed by atoms with Gasteiger partial charge in [0.25, 0.3) is 0 Å². The third kappa shape index (κ3) is 3.43. The lowest BCUT2D eigenvalue weighted by molar-refractivity contribution is -0.0498. The molecule has 0 unspecified atom stereocenters. The first-order valence-corrected chi connectivity index (χ1v) is 7.64. The van der Waals surface area contributed by atoms with E-state index in [-0.39, 0.29) is 28.8 Å². The maximum Gasteiger partial charge on any atom is 0.387 e. The summed E-state index contributed by atoms with van der Waals surface area (Å²) in [6.07, 6.45) is -2.34. The number of hydrogen-bond donors (Lipinski definition) is 2. The average Bonchev–Trinajstić information content (AvgIpc) is 2.72. The van der Waals surface area contributed by atoms with Gasteiger partial charge in [0, 0.05) is 13.1 Å². The summed E-state index contributed by atoms with van der Waals surface area (Å²) in [6, 6.07) is 3.06. The Morgan fingerprint density at radius 3 is 2.33 bits per heavy atom. The molecule has 1 fully saturated rings. The molecular formula is C11H12ClF2NO5S. The molecule has 1 aromatic carbocycles. The average molecular weight is 344 g/mol. The number of hydrogen-bond acceptors (Lipinski definition) is 5. The maximum absolute atomic E-state index is 12.3. The lowest BCUT2D eigenvalue weighted by Crippen LogP contribution is -2.30. The molecule has 2 atom stereocenters. The largest absolute Gasteiger partial charge is 0.433 e. The van der Waals surface area contributed by atoms with Gasteiger partial charge in [-0.25, -0.2) is 8.42 Å². The number of nitrogens with zero attached hydrogens (tertiary/aromatic N) is 1. The van der Waals surface area contributed by atoms with Crippen molar-refractivity contribution < 1.29 is 32.1 Å². The Hall–Kier alpha value is -1.00. The van der Waals surface area contributed by atoms with Crippen LogP contribution in [0.3, 0.4) is 0 Å². The van der Waals surface area contributed by atoms with Crippen LogP contribution in [0, 0.1) is 0 Å². The molecule has 1 aromatic rings. The van der Waals surface area contributed by atoms with Crippen LogP contribution in [-0.2, 0) is 10.0 Å².